The van der Waals surface area contributed by atoms with E-state index >= 15 is 0 Å². The Morgan fingerprint density at radius 1 is 1.11 bits per heavy atom. The number of imide groups is 1. The second kappa shape index (κ2) is 4.65. The van der Waals surface area contributed by atoms with Crippen molar-refractivity contribution in [3.63, 3.8) is 0 Å². The SMILES string of the molecule is CC(C)C(C(=O)Br)N1C(=O)c2ccccc2C1=O. The zero-order valence-corrected chi connectivity index (χ0v) is 11.6. The van der Waals surface area contributed by atoms with E-state index in [-0.39, 0.29) is 10.6 Å². The van der Waals surface area contributed by atoms with E-state index in [1.165, 1.54) is 0 Å². The van der Waals surface area contributed by atoms with Crippen molar-refractivity contribution >= 4 is 32.4 Å². The van der Waals surface area contributed by atoms with Crippen LogP contribution in [-0.4, -0.2) is 27.4 Å². The Morgan fingerprint density at radius 2 is 1.56 bits per heavy atom. The van der Waals surface area contributed by atoms with Crippen LogP contribution in [0.15, 0.2) is 24.3 Å². The third-order valence-corrected chi connectivity index (χ3v) is 3.44. The van der Waals surface area contributed by atoms with Crippen molar-refractivity contribution in [1.82, 2.24) is 4.90 Å². The molecule has 2 amide bonds. The molecule has 4 nitrogen and oxygen atoms in total. The summed E-state index contributed by atoms with van der Waals surface area (Å²) >= 11 is 2.87. The summed E-state index contributed by atoms with van der Waals surface area (Å²) in [5.74, 6) is -0.941. The highest BCUT2D eigenvalue weighted by atomic mass is 79.9. The molecule has 0 bridgehead atoms. The number of carbonyl (C=O) groups excluding carboxylic acids is 3. The fourth-order valence-corrected chi connectivity index (χ4v) is 2.86. The Hall–Kier alpha value is -1.49. The van der Waals surface area contributed by atoms with Crippen LogP contribution >= 0.6 is 15.9 Å². The largest absolute Gasteiger partial charge is 0.284 e. The van der Waals surface area contributed by atoms with Gasteiger partial charge in [-0.25, -0.2) is 0 Å². The lowest BCUT2D eigenvalue weighted by Gasteiger charge is -2.26. The average Bonchev–Trinajstić information content (AvgIpc) is 2.55. The highest BCUT2D eigenvalue weighted by molar-refractivity contribution is 9.18. The van der Waals surface area contributed by atoms with Crippen LogP contribution in [0.2, 0.25) is 0 Å². The molecule has 18 heavy (non-hydrogen) atoms. The molecule has 0 fully saturated rings. The van der Waals surface area contributed by atoms with Crippen LogP contribution in [0, 0.1) is 5.92 Å². The van der Waals surface area contributed by atoms with Gasteiger partial charge in [0.2, 0.25) is 4.69 Å². The zero-order chi connectivity index (χ0) is 13.4. The zero-order valence-electron chi connectivity index (χ0n) is 10.0. The van der Waals surface area contributed by atoms with Crippen LogP contribution < -0.4 is 0 Å². The molecule has 0 aliphatic carbocycles. The van der Waals surface area contributed by atoms with Crippen LogP contribution in [-0.2, 0) is 4.79 Å². The lowest BCUT2D eigenvalue weighted by Crippen LogP contribution is -2.46. The topological polar surface area (TPSA) is 54.5 Å². The van der Waals surface area contributed by atoms with Crippen LogP contribution in [0.5, 0.6) is 0 Å². The van der Waals surface area contributed by atoms with Crippen LogP contribution in [0.25, 0.3) is 0 Å². The number of carbonyl (C=O) groups is 3. The number of hydrogen-bond acceptors (Lipinski definition) is 3. The van der Waals surface area contributed by atoms with Crippen LogP contribution in [0.4, 0.5) is 0 Å². The number of nitrogens with zero attached hydrogens (tertiary/aromatic N) is 1. The molecular formula is C13H12BrNO3. The first kappa shape index (κ1) is 13.0. The normalized spacial score (nSPS) is 16.1. The van der Waals surface area contributed by atoms with Crippen LogP contribution in [0.1, 0.15) is 34.6 Å². The van der Waals surface area contributed by atoms with E-state index in [2.05, 4.69) is 15.9 Å². The first-order valence-corrected chi connectivity index (χ1v) is 6.40. The van der Waals surface area contributed by atoms with E-state index in [4.69, 9.17) is 0 Å². The molecule has 1 unspecified atom stereocenters. The lowest BCUT2D eigenvalue weighted by atomic mass is 10.0. The van der Waals surface area contributed by atoms with Gasteiger partial charge in [-0.15, -0.1) is 0 Å². The third-order valence-electron chi connectivity index (χ3n) is 2.97. The minimum Gasteiger partial charge on any atom is -0.284 e. The summed E-state index contributed by atoms with van der Waals surface area (Å²) in [7, 11) is 0. The van der Waals surface area contributed by atoms with Gasteiger partial charge in [0.25, 0.3) is 11.8 Å². The molecule has 0 spiro atoms. The Morgan fingerprint density at radius 3 is 1.89 bits per heavy atom. The van der Waals surface area contributed by atoms with Gasteiger partial charge in [-0.1, -0.05) is 26.0 Å². The van der Waals surface area contributed by atoms with Crippen molar-refractivity contribution in [2.75, 3.05) is 0 Å². The van der Waals surface area contributed by atoms with Crippen molar-refractivity contribution < 1.29 is 14.4 Å². The molecular weight excluding hydrogens is 298 g/mol. The first-order chi connectivity index (χ1) is 8.45. The van der Waals surface area contributed by atoms with Gasteiger partial charge >= 0.3 is 0 Å². The lowest BCUT2D eigenvalue weighted by molar-refractivity contribution is -0.114. The molecule has 1 aromatic rings. The highest BCUT2D eigenvalue weighted by Crippen LogP contribution is 2.28. The Labute approximate surface area is 113 Å². The molecule has 1 atom stereocenters. The predicted molar refractivity (Wildman–Crippen MR) is 69.5 cm³/mol. The van der Waals surface area contributed by atoms with Gasteiger partial charge < -0.3 is 0 Å². The van der Waals surface area contributed by atoms with E-state index in [9.17, 15) is 14.4 Å². The summed E-state index contributed by atoms with van der Waals surface area (Å²) in [5, 5.41) is 0. The van der Waals surface area contributed by atoms with E-state index in [1.54, 1.807) is 38.1 Å². The molecule has 1 heterocycles. The molecule has 1 aliphatic heterocycles. The fraction of sp³-hybridized carbons (Fsp3) is 0.308. The van der Waals surface area contributed by atoms with Crippen LogP contribution in [0.3, 0.4) is 0 Å². The summed E-state index contributed by atoms with van der Waals surface area (Å²) < 4.78 is -0.355. The molecule has 0 N–H and O–H groups in total. The average molecular weight is 310 g/mol. The number of hydrogen-bond donors (Lipinski definition) is 0. The van der Waals surface area contributed by atoms with Gasteiger partial charge in [0.15, 0.2) is 0 Å². The molecule has 1 aromatic carbocycles. The Bertz CT molecular complexity index is 504. The van der Waals surface area contributed by atoms with E-state index in [0.717, 1.165) is 4.90 Å². The quantitative estimate of drug-likeness (QED) is 0.635. The third kappa shape index (κ3) is 1.88. The van der Waals surface area contributed by atoms with E-state index in [1.807, 2.05) is 0 Å². The minimum absolute atomic E-state index is 0.140. The second-order valence-corrected chi connectivity index (χ2v) is 5.30. The molecule has 1 aliphatic rings. The summed E-state index contributed by atoms with van der Waals surface area (Å²) in [6, 6.07) is 5.84. The minimum atomic E-state index is -0.766. The summed E-state index contributed by atoms with van der Waals surface area (Å²) in [6.07, 6.45) is 0. The smallest absolute Gasteiger partial charge is 0.262 e. The van der Waals surface area contributed by atoms with Crippen molar-refractivity contribution in [2.45, 2.75) is 19.9 Å². The number of amides is 2. The first-order valence-electron chi connectivity index (χ1n) is 5.61. The predicted octanol–water partition coefficient (Wildman–Crippen LogP) is 2.23. The summed E-state index contributed by atoms with van der Waals surface area (Å²) in [6.45, 7) is 3.60. The molecule has 5 heteroatoms. The van der Waals surface area contributed by atoms with Crippen molar-refractivity contribution in [1.29, 1.82) is 0 Å². The van der Waals surface area contributed by atoms with Gasteiger partial charge in [0.1, 0.15) is 6.04 Å². The Kier molecular flexibility index (Phi) is 3.34. The van der Waals surface area contributed by atoms with E-state index in [0.29, 0.717) is 11.1 Å². The standard InChI is InChI=1S/C13H12BrNO3/c1-7(2)10(11(14)16)15-12(17)8-5-3-4-6-9(8)13(15)18/h3-7,10H,1-2H3. The Balaban J connectivity index is 2.47. The van der Waals surface area contributed by atoms with Gasteiger partial charge in [-0.2, -0.15) is 0 Å². The molecule has 94 valence electrons. The molecule has 2 rings (SSSR count). The van der Waals surface area contributed by atoms with Crippen molar-refractivity contribution in [2.24, 2.45) is 5.92 Å². The van der Waals surface area contributed by atoms with Gasteiger partial charge in [0, 0.05) is 0 Å². The monoisotopic (exact) mass is 309 g/mol. The maximum atomic E-state index is 12.2. The highest BCUT2D eigenvalue weighted by Gasteiger charge is 2.43. The molecule has 0 saturated carbocycles. The van der Waals surface area contributed by atoms with Gasteiger partial charge in [0.05, 0.1) is 11.1 Å². The van der Waals surface area contributed by atoms with Crippen molar-refractivity contribution in [3.8, 4) is 0 Å². The maximum absolute atomic E-state index is 12.2. The van der Waals surface area contributed by atoms with E-state index < -0.39 is 17.9 Å². The fourth-order valence-electron chi connectivity index (χ4n) is 2.12. The summed E-state index contributed by atoms with van der Waals surface area (Å²) in [5.41, 5.74) is 0.726. The number of rotatable bonds is 3. The number of fused-ring (bicyclic) bond motifs is 1. The van der Waals surface area contributed by atoms with Crippen molar-refractivity contribution in [3.05, 3.63) is 35.4 Å². The molecule has 0 saturated heterocycles. The molecule has 0 radical (unpaired) electrons. The number of benzene rings is 1. The van der Waals surface area contributed by atoms with Gasteiger partial charge in [-0.05, 0) is 34.0 Å². The number of halogens is 1. The summed E-state index contributed by atoms with van der Waals surface area (Å²) in [4.78, 5) is 37.0. The maximum Gasteiger partial charge on any atom is 0.262 e. The molecule has 0 aromatic heterocycles. The second-order valence-electron chi connectivity index (χ2n) is 4.52. The van der Waals surface area contributed by atoms with Gasteiger partial charge in [-0.3, -0.25) is 19.3 Å².